The molecule has 216 valence electrons. The van der Waals surface area contributed by atoms with E-state index in [0.717, 1.165) is 36.4 Å². The lowest BCUT2D eigenvalue weighted by molar-refractivity contribution is -0.136. The number of hydrogen-bond acceptors (Lipinski definition) is 9. The topological polar surface area (TPSA) is 146 Å². The van der Waals surface area contributed by atoms with Crippen molar-refractivity contribution < 1.29 is 28.7 Å². The fraction of sp³-hybridized carbons (Fsp3) is 0.500. The van der Waals surface area contributed by atoms with Crippen LogP contribution >= 0.6 is 0 Å². The molecule has 4 aliphatic rings. The molecule has 0 aliphatic carbocycles. The van der Waals surface area contributed by atoms with E-state index in [-0.39, 0.29) is 35.9 Å². The number of aromatic nitrogens is 2. The summed E-state index contributed by atoms with van der Waals surface area (Å²) in [5.74, 6) is -1.96. The Kier molecular flexibility index (Phi) is 7.54. The van der Waals surface area contributed by atoms with Crippen LogP contribution in [0.4, 0.5) is 5.69 Å². The number of hydrogen-bond donors (Lipinski definition) is 2. The molecule has 0 saturated carbocycles. The van der Waals surface area contributed by atoms with Gasteiger partial charge >= 0.3 is 0 Å². The maximum Gasteiger partial charge on any atom is 0.264 e. The number of imide groups is 2. The van der Waals surface area contributed by atoms with Crippen LogP contribution in [0.15, 0.2) is 30.6 Å². The van der Waals surface area contributed by atoms with Gasteiger partial charge < -0.3 is 15.0 Å². The number of carbonyl (C=O) groups excluding carboxylic acids is 5. The van der Waals surface area contributed by atoms with Gasteiger partial charge in [-0.25, -0.2) is 0 Å². The third-order valence-corrected chi connectivity index (χ3v) is 8.26. The first-order valence-corrected chi connectivity index (χ1v) is 14.1. The Balaban J connectivity index is 1.05. The van der Waals surface area contributed by atoms with Crippen molar-refractivity contribution in [2.24, 2.45) is 0 Å². The molecule has 5 heterocycles. The monoisotopic (exact) mass is 563 g/mol. The highest BCUT2D eigenvalue weighted by molar-refractivity contribution is 6.25. The summed E-state index contributed by atoms with van der Waals surface area (Å²) in [7, 11) is 0. The number of nitrogens with zero attached hydrogens (tertiary/aromatic N) is 5. The number of likely N-dealkylation sites (tertiary alicyclic amines) is 1. The number of ether oxygens (including phenoxy) is 1. The van der Waals surface area contributed by atoms with Gasteiger partial charge in [0, 0.05) is 56.6 Å². The molecule has 1 aromatic carbocycles. The summed E-state index contributed by atoms with van der Waals surface area (Å²) < 4.78 is 7.30. The van der Waals surface area contributed by atoms with Crippen molar-refractivity contribution >= 4 is 35.2 Å². The molecule has 2 N–H and O–H groups in total. The number of nitrogens with one attached hydrogen (secondary N) is 2. The van der Waals surface area contributed by atoms with Crippen molar-refractivity contribution in [3.8, 4) is 0 Å². The van der Waals surface area contributed by atoms with E-state index in [0.29, 0.717) is 45.1 Å². The molecule has 0 bridgehead atoms. The van der Waals surface area contributed by atoms with Crippen LogP contribution in [0, 0.1) is 0 Å². The van der Waals surface area contributed by atoms with Crippen molar-refractivity contribution in [2.75, 3.05) is 51.3 Å². The maximum atomic E-state index is 13.3. The minimum atomic E-state index is -1.01. The van der Waals surface area contributed by atoms with Gasteiger partial charge in [0.1, 0.15) is 6.04 Å². The molecule has 1 aromatic heterocycles. The predicted molar refractivity (Wildman–Crippen MR) is 145 cm³/mol. The fourth-order valence-corrected chi connectivity index (χ4v) is 5.96. The zero-order valence-corrected chi connectivity index (χ0v) is 22.7. The molecule has 0 radical (unpaired) electrons. The standard InChI is InChI=1S/C28H33N7O6/c36-23-5-4-22(26(38)31-23)35-27(39)20-2-1-3-21(25(20)28(35)40)29-14-18-15-30-34(16-18)19-6-8-33(9-7-19)24(37)17-32-10-12-41-13-11-32/h1-3,15-16,19,22,29H,4-14,17H2,(H,31,36,38). The van der Waals surface area contributed by atoms with Crippen molar-refractivity contribution in [3.63, 3.8) is 0 Å². The van der Waals surface area contributed by atoms with Crippen molar-refractivity contribution in [3.05, 3.63) is 47.3 Å². The Morgan fingerprint density at radius 1 is 1.02 bits per heavy atom. The zero-order chi connectivity index (χ0) is 28.5. The number of fused-ring (bicyclic) bond motifs is 1. The van der Waals surface area contributed by atoms with E-state index in [9.17, 15) is 24.0 Å². The van der Waals surface area contributed by atoms with Crippen LogP contribution in [-0.4, -0.2) is 106 Å². The lowest BCUT2D eigenvalue weighted by Gasteiger charge is -2.34. The molecular weight excluding hydrogens is 530 g/mol. The first kappa shape index (κ1) is 27.1. The van der Waals surface area contributed by atoms with Crippen LogP contribution < -0.4 is 10.6 Å². The lowest BCUT2D eigenvalue weighted by Crippen LogP contribution is -2.54. The maximum absolute atomic E-state index is 13.3. The van der Waals surface area contributed by atoms with Crippen LogP contribution in [-0.2, 0) is 25.7 Å². The number of morpholine rings is 1. The normalized spacial score (nSPS) is 22.2. The summed E-state index contributed by atoms with van der Waals surface area (Å²) in [5.41, 5.74) is 1.86. The highest BCUT2D eigenvalue weighted by atomic mass is 16.5. The van der Waals surface area contributed by atoms with Crippen molar-refractivity contribution in [1.29, 1.82) is 0 Å². The van der Waals surface area contributed by atoms with Gasteiger partial charge in [-0.2, -0.15) is 5.10 Å². The minimum Gasteiger partial charge on any atom is -0.380 e. The number of anilines is 1. The second-order valence-corrected chi connectivity index (χ2v) is 10.9. The Hall–Kier alpha value is -4.10. The number of carbonyl (C=O) groups is 5. The molecule has 41 heavy (non-hydrogen) atoms. The third kappa shape index (κ3) is 5.46. The molecule has 6 rings (SSSR count). The smallest absolute Gasteiger partial charge is 0.264 e. The summed E-state index contributed by atoms with van der Waals surface area (Å²) in [6, 6.07) is 4.18. The van der Waals surface area contributed by atoms with E-state index in [1.54, 1.807) is 24.4 Å². The van der Waals surface area contributed by atoms with Gasteiger partial charge in [-0.05, 0) is 31.4 Å². The van der Waals surface area contributed by atoms with Gasteiger partial charge in [-0.3, -0.25) is 43.8 Å². The second kappa shape index (κ2) is 11.4. The fourth-order valence-electron chi connectivity index (χ4n) is 5.96. The van der Waals surface area contributed by atoms with E-state index >= 15 is 0 Å². The number of amides is 5. The summed E-state index contributed by atoms with van der Waals surface area (Å²) in [6.45, 7) is 5.14. The van der Waals surface area contributed by atoms with Crippen molar-refractivity contribution in [1.82, 2.24) is 29.8 Å². The highest BCUT2D eigenvalue weighted by Gasteiger charge is 2.45. The number of rotatable bonds is 7. The molecule has 13 nitrogen and oxygen atoms in total. The van der Waals surface area contributed by atoms with Gasteiger partial charge in [0.2, 0.25) is 17.7 Å². The molecule has 3 saturated heterocycles. The molecule has 4 aliphatic heterocycles. The first-order chi connectivity index (χ1) is 19.9. The summed E-state index contributed by atoms with van der Waals surface area (Å²) in [5, 5.41) is 10.0. The van der Waals surface area contributed by atoms with E-state index in [4.69, 9.17) is 4.74 Å². The van der Waals surface area contributed by atoms with Crippen LogP contribution in [0.1, 0.15) is 58.0 Å². The molecule has 2 aromatic rings. The Morgan fingerprint density at radius 3 is 2.56 bits per heavy atom. The van der Waals surface area contributed by atoms with Crippen LogP contribution in [0.25, 0.3) is 0 Å². The average molecular weight is 564 g/mol. The van der Waals surface area contributed by atoms with E-state index in [2.05, 4.69) is 20.6 Å². The quantitative estimate of drug-likeness (QED) is 0.457. The predicted octanol–water partition coefficient (Wildman–Crippen LogP) is 0.392. The average Bonchev–Trinajstić information content (AvgIpc) is 3.56. The Labute approximate surface area is 236 Å². The minimum absolute atomic E-state index is 0.0721. The van der Waals surface area contributed by atoms with Gasteiger partial charge in [0.25, 0.3) is 11.8 Å². The summed E-state index contributed by atoms with van der Waals surface area (Å²) in [6.07, 6.45) is 5.57. The van der Waals surface area contributed by atoms with Crippen LogP contribution in [0.5, 0.6) is 0 Å². The van der Waals surface area contributed by atoms with Gasteiger partial charge in [-0.15, -0.1) is 0 Å². The van der Waals surface area contributed by atoms with Crippen LogP contribution in [0.3, 0.4) is 0 Å². The molecule has 0 spiro atoms. The zero-order valence-electron chi connectivity index (χ0n) is 22.7. The SMILES string of the molecule is O=C1CCC(N2C(=O)c3cccc(NCc4cnn(C5CCN(C(=O)CN6CCOCC6)CC5)c4)c3C2=O)C(=O)N1. The highest BCUT2D eigenvalue weighted by Crippen LogP contribution is 2.32. The molecule has 13 heteroatoms. The first-order valence-electron chi connectivity index (χ1n) is 14.1. The Morgan fingerprint density at radius 2 is 1.80 bits per heavy atom. The third-order valence-electron chi connectivity index (χ3n) is 8.26. The van der Waals surface area contributed by atoms with Gasteiger partial charge in [0.05, 0.1) is 43.1 Å². The van der Waals surface area contributed by atoms with Crippen LogP contribution in [0.2, 0.25) is 0 Å². The van der Waals surface area contributed by atoms with Gasteiger partial charge in [0.15, 0.2) is 0 Å². The van der Waals surface area contributed by atoms with Gasteiger partial charge in [-0.1, -0.05) is 6.07 Å². The number of piperidine rings is 2. The van der Waals surface area contributed by atoms with Crippen molar-refractivity contribution in [2.45, 2.75) is 44.3 Å². The molecular formula is C28H33N7O6. The van der Waals surface area contributed by atoms with E-state index in [1.807, 2.05) is 15.8 Å². The molecule has 3 fully saturated rings. The largest absolute Gasteiger partial charge is 0.380 e. The molecule has 5 amide bonds. The second-order valence-electron chi connectivity index (χ2n) is 10.9. The molecule has 1 atom stereocenters. The van der Waals surface area contributed by atoms with E-state index < -0.39 is 29.7 Å². The number of benzene rings is 1. The lowest BCUT2D eigenvalue weighted by atomic mass is 10.0. The molecule has 1 unspecified atom stereocenters. The van der Waals surface area contributed by atoms with E-state index in [1.165, 1.54) is 0 Å². The summed E-state index contributed by atoms with van der Waals surface area (Å²) in [4.78, 5) is 68.1. The summed E-state index contributed by atoms with van der Waals surface area (Å²) >= 11 is 0. The Bertz CT molecular complexity index is 1380.